The highest BCUT2D eigenvalue weighted by atomic mass is 15.7. The first kappa shape index (κ1) is 11.0. The number of unbranched alkanes of at least 4 members (excludes halogenated alkanes) is 2. The van der Waals surface area contributed by atoms with E-state index in [0.717, 1.165) is 18.8 Å². The van der Waals surface area contributed by atoms with Gasteiger partial charge in [0.2, 0.25) is 5.84 Å². The van der Waals surface area contributed by atoms with Crippen LogP contribution in [0, 0.1) is 0 Å². The molecule has 0 saturated heterocycles. The molecule has 1 aliphatic heterocycles. The van der Waals surface area contributed by atoms with Gasteiger partial charge in [0.25, 0.3) is 0 Å². The molecule has 0 fully saturated rings. The maximum Gasteiger partial charge on any atom is 0.232 e. The van der Waals surface area contributed by atoms with E-state index in [1.54, 1.807) is 6.20 Å². The number of nitrogens with zero attached hydrogens (tertiary/aromatic N) is 4. The summed E-state index contributed by atoms with van der Waals surface area (Å²) in [5, 5.41) is 8.43. The fourth-order valence-electron chi connectivity index (χ4n) is 1.20. The van der Waals surface area contributed by atoms with Gasteiger partial charge in [-0.3, -0.25) is 0 Å². The molecule has 1 rings (SSSR count). The van der Waals surface area contributed by atoms with Crippen molar-refractivity contribution in [3.63, 3.8) is 0 Å². The lowest BCUT2D eigenvalue weighted by Gasteiger charge is -2.15. The second kappa shape index (κ2) is 5.00. The largest absolute Gasteiger partial charge is 0.232 e. The quantitative estimate of drug-likeness (QED) is 0.367. The van der Waals surface area contributed by atoms with Crippen LogP contribution in [0.1, 0.15) is 33.1 Å². The maximum absolute atomic E-state index is 4.25. The van der Waals surface area contributed by atoms with Crippen molar-refractivity contribution in [2.45, 2.75) is 33.1 Å². The van der Waals surface area contributed by atoms with Crippen molar-refractivity contribution >= 4 is 5.84 Å². The molecule has 0 aromatic heterocycles. The van der Waals surface area contributed by atoms with Crippen LogP contribution in [0.5, 0.6) is 0 Å². The van der Waals surface area contributed by atoms with E-state index in [9.17, 15) is 0 Å². The van der Waals surface area contributed by atoms with Crippen LogP contribution in [0.15, 0.2) is 27.7 Å². The van der Waals surface area contributed by atoms with Gasteiger partial charge < -0.3 is 0 Å². The van der Waals surface area contributed by atoms with Crippen LogP contribution in [0.4, 0.5) is 0 Å². The zero-order chi connectivity index (χ0) is 10.4. The fourth-order valence-corrected chi connectivity index (χ4v) is 1.20. The molecule has 4 heteroatoms. The molecule has 0 radical (unpaired) electrons. The second-order valence-corrected chi connectivity index (χ2v) is 3.66. The molecule has 1 unspecified atom stereocenters. The molecular weight excluding hydrogens is 176 g/mol. The van der Waals surface area contributed by atoms with E-state index in [1.165, 1.54) is 12.8 Å². The zero-order valence-corrected chi connectivity index (χ0v) is 9.27. The third kappa shape index (κ3) is 2.73. The summed E-state index contributed by atoms with van der Waals surface area (Å²) in [4.78, 5) is 4.16. The summed E-state index contributed by atoms with van der Waals surface area (Å²) in [6, 6.07) is 0. The molecule has 0 amide bonds. The third-order valence-electron chi connectivity index (χ3n) is 2.38. The molecule has 0 aromatic rings. The molecule has 1 aliphatic rings. The first-order valence-electron chi connectivity index (χ1n) is 5.17. The molecule has 78 valence electrons. The highest BCUT2D eigenvalue weighted by Crippen LogP contribution is 2.14. The Kier molecular flexibility index (Phi) is 3.95. The molecule has 0 N–H and O–H groups in total. The van der Waals surface area contributed by atoms with Crippen LogP contribution >= 0.6 is 0 Å². The summed E-state index contributed by atoms with van der Waals surface area (Å²) in [7, 11) is 1.98. The molecule has 1 atom stereocenters. The summed E-state index contributed by atoms with van der Waals surface area (Å²) in [6.07, 6.45) is 7.28. The van der Waals surface area contributed by atoms with Crippen LogP contribution in [-0.2, 0) is 0 Å². The van der Waals surface area contributed by atoms with Gasteiger partial charge in [0, 0.05) is 12.1 Å². The standard InChI is InChI=1S/C10H19N4/c1-4-5-6-7-12-13-14(3)9-8-11-10(14)2/h8-9H,4-7H2,1-3H3/q+1/b13-12+. The summed E-state index contributed by atoms with van der Waals surface area (Å²) in [5.74, 6) is 0.962. The number of amidine groups is 1. The Morgan fingerprint density at radius 3 is 2.79 bits per heavy atom. The molecule has 0 spiro atoms. The van der Waals surface area contributed by atoms with Crippen molar-refractivity contribution in [3.05, 3.63) is 12.4 Å². The summed E-state index contributed by atoms with van der Waals surface area (Å²) in [5.41, 5.74) is 0. The summed E-state index contributed by atoms with van der Waals surface area (Å²) in [6.45, 7) is 4.97. The number of aliphatic imine (C=N–C) groups is 1. The molecular formula is C10H19N4+. The van der Waals surface area contributed by atoms with Gasteiger partial charge in [-0.2, -0.15) is 0 Å². The van der Waals surface area contributed by atoms with Gasteiger partial charge >= 0.3 is 0 Å². The smallest absolute Gasteiger partial charge is 0.201 e. The Morgan fingerprint density at radius 2 is 2.21 bits per heavy atom. The van der Waals surface area contributed by atoms with Gasteiger partial charge in [-0.05, 0) is 6.42 Å². The van der Waals surface area contributed by atoms with Crippen LogP contribution in [0.2, 0.25) is 0 Å². The Labute approximate surface area is 85.6 Å². The van der Waals surface area contributed by atoms with Crippen molar-refractivity contribution in [3.8, 4) is 0 Å². The van der Waals surface area contributed by atoms with Gasteiger partial charge in [-0.1, -0.05) is 19.8 Å². The minimum atomic E-state index is 0.381. The van der Waals surface area contributed by atoms with E-state index in [-0.39, 0.29) is 0 Å². The summed E-state index contributed by atoms with van der Waals surface area (Å²) < 4.78 is 0.381. The lowest BCUT2D eigenvalue weighted by Crippen LogP contribution is -2.34. The minimum absolute atomic E-state index is 0.381. The van der Waals surface area contributed by atoms with Crippen LogP contribution in [0.3, 0.4) is 0 Å². The second-order valence-electron chi connectivity index (χ2n) is 3.66. The van der Waals surface area contributed by atoms with Gasteiger partial charge in [0.15, 0.2) is 0 Å². The van der Waals surface area contributed by atoms with Crippen molar-refractivity contribution in [1.29, 1.82) is 0 Å². The Hall–Kier alpha value is -1.03. The van der Waals surface area contributed by atoms with Gasteiger partial charge in [0.1, 0.15) is 13.2 Å². The van der Waals surface area contributed by atoms with Crippen molar-refractivity contribution in [2.75, 3.05) is 13.6 Å². The fraction of sp³-hybridized carbons (Fsp3) is 0.700. The topological polar surface area (TPSA) is 37.1 Å². The first-order chi connectivity index (χ1) is 6.69. The average molecular weight is 195 g/mol. The van der Waals surface area contributed by atoms with Crippen molar-refractivity contribution < 1.29 is 4.59 Å². The van der Waals surface area contributed by atoms with E-state index >= 15 is 0 Å². The van der Waals surface area contributed by atoms with Gasteiger partial charge in [0.05, 0.1) is 12.7 Å². The highest BCUT2D eigenvalue weighted by molar-refractivity contribution is 5.74. The molecule has 0 bridgehead atoms. The number of rotatable bonds is 5. The van der Waals surface area contributed by atoms with Crippen LogP contribution in [0.25, 0.3) is 0 Å². The Morgan fingerprint density at radius 1 is 1.43 bits per heavy atom. The van der Waals surface area contributed by atoms with Crippen molar-refractivity contribution in [1.82, 2.24) is 0 Å². The first-order valence-corrected chi connectivity index (χ1v) is 5.17. The maximum atomic E-state index is 4.25. The van der Waals surface area contributed by atoms with E-state index in [1.807, 2.05) is 20.2 Å². The van der Waals surface area contributed by atoms with E-state index < -0.39 is 0 Å². The van der Waals surface area contributed by atoms with Gasteiger partial charge in [-0.15, -0.1) is 9.71 Å². The average Bonchev–Trinajstić information content (AvgIpc) is 2.47. The number of hydrogen-bond donors (Lipinski definition) is 0. The SMILES string of the molecule is CCCCC/N=N/[N+]1(C)C=CN=C1C. The minimum Gasteiger partial charge on any atom is -0.201 e. The third-order valence-corrected chi connectivity index (χ3v) is 2.38. The normalized spacial score (nSPS) is 26.1. The summed E-state index contributed by atoms with van der Waals surface area (Å²) >= 11 is 0. The molecule has 14 heavy (non-hydrogen) atoms. The predicted octanol–water partition coefficient (Wildman–Crippen LogP) is 2.89. The monoisotopic (exact) mass is 195 g/mol. The number of quaternary nitrogens is 1. The van der Waals surface area contributed by atoms with Crippen LogP contribution in [-0.4, -0.2) is 24.0 Å². The molecule has 0 aliphatic carbocycles. The lowest BCUT2D eigenvalue weighted by atomic mass is 10.3. The van der Waals surface area contributed by atoms with E-state index in [4.69, 9.17) is 0 Å². The lowest BCUT2D eigenvalue weighted by molar-refractivity contribution is -0.777. The van der Waals surface area contributed by atoms with Crippen LogP contribution < -0.4 is 0 Å². The predicted molar refractivity (Wildman–Crippen MR) is 57.7 cm³/mol. The number of hydrogen-bond acceptors (Lipinski definition) is 3. The van der Waals surface area contributed by atoms with Crippen molar-refractivity contribution in [2.24, 2.45) is 15.3 Å². The molecule has 0 saturated carbocycles. The highest BCUT2D eigenvalue weighted by Gasteiger charge is 2.27. The Balaban J connectivity index is 2.36. The Bertz CT molecular complexity index is 267. The zero-order valence-electron chi connectivity index (χ0n) is 9.27. The molecule has 4 nitrogen and oxygen atoms in total. The van der Waals surface area contributed by atoms with E-state index in [0.29, 0.717) is 4.59 Å². The van der Waals surface area contributed by atoms with Gasteiger partial charge in [-0.25, -0.2) is 4.99 Å². The van der Waals surface area contributed by atoms with E-state index in [2.05, 4.69) is 22.3 Å². The molecule has 0 aromatic carbocycles. The molecule has 1 heterocycles.